The van der Waals surface area contributed by atoms with Crippen LogP contribution in [0.1, 0.15) is 11.1 Å². The summed E-state index contributed by atoms with van der Waals surface area (Å²) in [6, 6.07) is 4.11. The molecule has 11 heavy (non-hydrogen) atoms. The molecular weight excluding hydrogens is 396 g/mol. The van der Waals surface area contributed by atoms with E-state index in [1.165, 1.54) is 15.6 Å². The molecule has 1 rings (SSSR count). The average Bonchev–Trinajstić information content (AvgIpc) is 1.99. The molecule has 0 amide bonds. The molecule has 0 unspecified atom stereocenters. The van der Waals surface area contributed by atoms with E-state index in [0.717, 1.165) is 5.75 Å². The molecule has 56 valence electrons. The zero-order valence-electron chi connectivity index (χ0n) is 6.52. The van der Waals surface area contributed by atoms with Gasteiger partial charge in [-0.1, -0.05) is 0 Å². The molecule has 0 heterocycles. The first-order valence-electron chi connectivity index (χ1n) is 3.28. The van der Waals surface area contributed by atoms with Gasteiger partial charge in [0.05, 0.1) is 0 Å². The Morgan fingerprint density at radius 2 is 1.73 bits per heavy atom. The summed E-state index contributed by atoms with van der Waals surface area (Å²) in [5.74, 6) is 0.994. The van der Waals surface area contributed by atoms with Crippen LogP contribution in [-0.4, -0.2) is 26.2 Å². The predicted octanol–water partition coefficient (Wildman–Crippen LogP) is 2.53. The summed E-state index contributed by atoms with van der Waals surface area (Å²) in [6.07, 6.45) is 0. The van der Waals surface area contributed by atoms with Gasteiger partial charge in [0.25, 0.3) is 0 Å². The molecule has 0 aromatic heterocycles. The van der Waals surface area contributed by atoms with Crippen LogP contribution in [0.2, 0.25) is 0 Å². The maximum absolute atomic E-state index is 5.28. The van der Waals surface area contributed by atoms with Crippen molar-refractivity contribution in [3.8, 4) is 5.75 Å². The SMILES string of the molecule is Cc1cc([O][Tl])cc(C)c1Br. The molecule has 0 aliphatic rings. The first-order valence-corrected chi connectivity index (χ1v) is 5.91. The first kappa shape index (κ1) is 9.51. The van der Waals surface area contributed by atoms with Crippen molar-refractivity contribution < 1.29 is 2.69 Å². The molecule has 3 heteroatoms. The Kier molecular flexibility index (Phi) is 3.36. The molecule has 0 saturated carbocycles. The third kappa shape index (κ3) is 2.18. The molecule has 1 aromatic carbocycles. The van der Waals surface area contributed by atoms with E-state index in [1.807, 2.05) is 0 Å². The fraction of sp³-hybridized carbons (Fsp3) is 0.250. The number of aryl methyl sites for hydroxylation is 2. The predicted molar refractivity (Wildman–Crippen MR) is 50.0 cm³/mol. The van der Waals surface area contributed by atoms with Gasteiger partial charge in [-0.2, -0.15) is 0 Å². The van der Waals surface area contributed by atoms with E-state index in [0.29, 0.717) is 26.2 Å². The second-order valence-corrected chi connectivity index (χ2v) is 4.20. The molecule has 0 bridgehead atoms. The molecule has 0 saturated heterocycles. The molecule has 0 aliphatic heterocycles. The summed E-state index contributed by atoms with van der Waals surface area (Å²) >= 11 is 4.07. The van der Waals surface area contributed by atoms with Crippen molar-refractivity contribution in [1.82, 2.24) is 0 Å². The molecule has 0 spiro atoms. The van der Waals surface area contributed by atoms with E-state index in [4.69, 9.17) is 2.69 Å². The van der Waals surface area contributed by atoms with Crippen LogP contribution >= 0.6 is 15.9 Å². The Labute approximate surface area is 91.6 Å². The monoisotopic (exact) mass is 404 g/mol. The summed E-state index contributed by atoms with van der Waals surface area (Å²) < 4.78 is 6.46. The Hall–Kier alpha value is 0.422. The molecule has 1 aromatic rings. The number of hydrogen-bond acceptors (Lipinski definition) is 1. The van der Waals surface area contributed by atoms with Crippen LogP contribution in [0, 0.1) is 13.8 Å². The third-order valence-electron chi connectivity index (χ3n) is 1.55. The standard InChI is InChI=1S/C8H9BrO.Tl/c1-5-3-7(10)4-6(2)8(5)9;/h3-4,10H,1-2H3;/q;+1/p-1. The fourth-order valence-corrected chi connectivity index (χ4v) is 1.73. The van der Waals surface area contributed by atoms with Crippen molar-refractivity contribution in [3.05, 3.63) is 27.7 Å². The number of rotatable bonds is 1. The van der Waals surface area contributed by atoms with Crippen LogP contribution in [0.15, 0.2) is 16.6 Å². The van der Waals surface area contributed by atoms with Crippen molar-refractivity contribution in [2.24, 2.45) is 0 Å². The summed E-state index contributed by atoms with van der Waals surface area (Å²) in [5.41, 5.74) is 2.47. The Morgan fingerprint density at radius 3 is 2.09 bits per heavy atom. The topological polar surface area (TPSA) is 9.23 Å². The van der Waals surface area contributed by atoms with Crippen molar-refractivity contribution in [2.45, 2.75) is 13.8 Å². The van der Waals surface area contributed by atoms with Crippen molar-refractivity contribution in [3.63, 3.8) is 0 Å². The van der Waals surface area contributed by atoms with Gasteiger partial charge in [0.2, 0.25) is 0 Å². The van der Waals surface area contributed by atoms with Gasteiger partial charge in [0.15, 0.2) is 0 Å². The number of benzene rings is 1. The van der Waals surface area contributed by atoms with Crippen LogP contribution < -0.4 is 2.69 Å². The van der Waals surface area contributed by atoms with Crippen molar-refractivity contribution >= 4 is 42.1 Å². The average molecular weight is 404 g/mol. The Morgan fingerprint density at radius 1 is 1.27 bits per heavy atom. The van der Waals surface area contributed by atoms with E-state index in [9.17, 15) is 0 Å². The van der Waals surface area contributed by atoms with Gasteiger partial charge < -0.3 is 0 Å². The van der Waals surface area contributed by atoms with Gasteiger partial charge in [-0.3, -0.25) is 0 Å². The van der Waals surface area contributed by atoms with Gasteiger partial charge >= 0.3 is 92.2 Å². The summed E-state index contributed by atoms with van der Waals surface area (Å²) in [7, 11) is 0. The van der Waals surface area contributed by atoms with Crippen LogP contribution in [0.4, 0.5) is 0 Å². The molecule has 1 nitrogen and oxygen atoms in total. The quantitative estimate of drug-likeness (QED) is 0.654. The third-order valence-corrected chi connectivity index (χ3v) is 3.85. The molecule has 0 atom stereocenters. The first-order chi connectivity index (χ1) is 5.15. The summed E-state index contributed by atoms with van der Waals surface area (Å²) in [5, 5.41) is 0. The van der Waals surface area contributed by atoms with Gasteiger partial charge in [-0.05, 0) is 0 Å². The van der Waals surface area contributed by atoms with Crippen LogP contribution in [0.25, 0.3) is 0 Å². The summed E-state index contributed by atoms with van der Waals surface area (Å²) in [4.78, 5) is 0. The van der Waals surface area contributed by atoms with E-state index in [1.54, 1.807) is 0 Å². The van der Waals surface area contributed by atoms with Crippen LogP contribution in [0.3, 0.4) is 0 Å². The van der Waals surface area contributed by atoms with E-state index in [2.05, 4.69) is 41.9 Å². The van der Waals surface area contributed by atoms with Gasteiger partial charge in [-0.25, -0.2) is 0 Å². The Bertz CT molecular complexity index is 250. The zero-order chi connectivity index (χ0) is 8.43. The van der Waals surface area contributed by atoms with Crippen LogP contribution in [0.5, 0.6) is 5.75 Å². The van der Waals surface area contributed by atoms with E-state index >= 15 is 0 Å². The van der Waals surface area contributed by atoms with Crippen molar-refractivity contribution in [2.75, 3.05) is 0 Å². The molecule has 0 N–H and O–H groups in total. The molecular formula is C8H8BrOTl. The minimum atomic E-state index is 0.569. The maximum atomic E-state index is 5.28. The Balaban J connectivity index is 3.21. The molecule has 0 aliphatic carbocycles. The second kappa shape index (κ2) is 3.89. The molecule has 0 radical (unpaired) electrons. The van der Waals surface area contributed by atoms with Crippen LogP contribution in [-0.2, 0) is 0 Å². The van der Waals surface area contributed by atoms with Gasteiger partial charge in [0, 0.05) is 0 Å². The zero-order valence-corrected chi connectivity index (χ0v) is 12.6. The molecule has 0 fully saturated rings. The fourth-order valence-electron chi connectivity index (χ4n) is 0.974. The second-order valence-electron chi connectivity index (χ2n) is 2.49. The number of halogens is 1. The van der Waals surface area contributed by atoms with E-state index in [-0.39, 0.29) is 0 Å². The number of hydrogen-bond donors (Lipinski definition) is 0. The normalized spacial score (nSPS) is 9.64. The van der Waals surface area contributed by atoms with Gasteiger partial charge in [0.1, 0.15) is 0 Å². The van der Waals surface area contributed by atoms with E-state index < -0.39 is 0 Å². The summed E-state index contributed by atoms with van der Waals surface area (Å²) in [6.45, 7) is 4.15. The minimum absolute atomic E-state index is 0.569. The van der Waals surface area contributed by atoms with Gasteiger partial charge in [-0.15, -0.1) is 0 Å². The van der Waals surface area contributed by atoms with Crippen molar-refractivity contribution in [1.29, 1.82) is 0 Å².